The van der Waals surface area contributed by atoms with Gasteiger partial charge in [-0.2, -0.15) is 0 Å². The summed E-state index contributed by atoms with van der Waals surface area (Å²) in [5, 5.41) is 2.79. The van der Waals surface area contributed by atoms with Crippen LogP contribution in [0.1, 0.15) is 34.1 Å². The number of alkyl carbamates (subject to hydrolysis) is 1. The molecule has 0 aromatic rings. The Labute approximate surface area is 108 Å². The second kappa shape index (κ2) is 5.42. The highest BCUT2D eigenvalue weighted by molar-refractivity contribution is 5.87. The molecule has 2 atom stereocenters. The highest BCUT2D eigenvalue weighted by Gasteiger charge is 2.32. The van der Waals surface area contributed by atoms with Gasteiger partial charge in [-0.3, -0.25) is 4.79 Å². The number of hydrogen-bond donors (Lipinski definition) is 1. The molecule has 0 radical (unpaired) electrons. The Morgan fingerprint density at radius 2 is 2.06 bits per heavy atom. The lowest BCUT2D eigenvalue weighted by atomic mass is 10.2. The first kappa shape index (κ1) is 14.5. The SMILES string of the molecule is C=CC(=O)N1C[C@@H](NC(=O)OC(C)(C)C)C[C@H]1C. The zero-order valence-electron chi connectivity index (χ0n) is 11.5. The van der Waals surface area contributed by atoms with Crippen LogP contribution >= 0.6 is 0 Å². The van der Waals surface area contributed by atoms with E-state index in [2.05, 4.69) is 11.9 Å². The molecule has 102 valence electrons. The molecule has 1 rings (SSSR count). The Morgan fingerprint density at radius 3 is 2.56 bits per heavy atom. The Hall–Kier alpha value is -1.52. The van der Waals surface area contributed by atoms with E-state index in [0.29, 0.717) is 6.54 Å². The van der Waals surface area contributed by atoms with Gasteiger partial charge >= 0.3 is 6.09 Å². The normalized spacial score (nSPS) is 23.7. The molecule has 0 saturated carbocycles. The predicted octanol–water partition coefficient (Wildman–Crippen LogP) is 1.69. The first-order chi connectivity index (χ1) is 8.23. The number of carbonyl (C=O) groups excluding carboxylic acids is 2. The van der Waals surface area contributed by atoms with Crippen LogP contribution in [0.4, 0.5) is 4.79 Å². The average Bonchev–Trinajstić information content (AvgIpc) is 2.55. The molecule has 0 unspecified atom stereocenters. The van der Waals surface area contributed by atoms with Crippen LogP contribution in [0, 0.1) is 0 Å². The van der Waals surface area contributed by atoms with Crippen LogP contribution in [0.5, 0.6) is 0 Å². The molecule has 5 heteroatoms. The van der Waals surface area contributed by atoms with Crippen molar-refractivity contribution in [3.8, 4) is 0 Å². The third-order valence-electron chi connectivity index (χ3n) is 2.75. The number of amides is 2. The average molecular weight is 254 g/mol. The van der Waals surface area contributed by atoms with E-state index in [9.17, 15) is 9.59 Å². The number of rotatable bonds is 2. The summed E-state index contributed by atoms with van der Waals surface area (Å²) in [6.07, 6.45) is 1.60. The van der Waals surface area contributed by atoms with E-state index < -0.39 is 11.7 Å². The lowest BCUT2D eigenvalue weighted by molar-refractivity contribution is -0.126. The van der Waals surface area contributed by atoms with E-state index in [4.69, 9.17) is 4.74 Å². The Kier molecular flexibility index (Phi) is 4.38. The third kappa shape index (κ3) is 4.05. The van der Waals surface area contributed by atoms with Gasteiger partial charge in [0, 0.05) is 12.6 Å². The van der Waals surface area contributed by atoms with Crippen LogP contribution in [0.15, 0.2) is 12.7 Å². The van der Waals surface area contributed by atoms with Crippen LogP contribution in [-0.4, -0.2) is 41.1 Å². The highest BCUT2D eigenvalue weighted by atomic mass is 16.6. The molecule has 5 nitrogen and oxygen atoms in total. The predicted molar refractivity (Wildman–Crippen MR) is 69.1 cm³/mol. The van der Waals surface area contributed by atoms with Crippen molar-refractivity contribution in [2.45, 2.75) is 51.8 Å². The van der Waals surface area contributed by atoms with Crippen molar-refractivity contribution in [3.05, 3.63) is 12.7 Å². The van der Waals surface area contributed by atoms with Gasteiger partial charge in [-0.1, -0.05) is 6.58 Å². The maximum Gasteiger partial charge on any atom is 0.407 e. The second-order valence-corrected chi connectivity index (χ2v) is 5.62. The van der Waals surface area contributed by atoms with E-state index in [-0.39, 0.29) is 18.0 Å². The zero-order valence-corrected chi connectivity index (χ0v) is 11.5. The van der Waals surface area contributed by atoms with Crippen molar-refractivity contribution >= 4 is 12.0 Å². The fraction of sp³-hybridized carbons (Fsp3) is 0.692. The monoisotopic (exact) mass is 254 g/mol. The lowest BCUT2D eigenvalue weighted by Crippen LogP contribution is -2.41. The van der Waals surface area contributed by atoms with Crippen LogP contribution in [0.3, 0.4) is 0 Å². The first-order valence-electron chi connectivity index (χ1n) is 6.15. The number of ether oxygens (including phenoxy) is 1. The lowest BCUT2D eigenvalue weighted by Gasteiger charge is -2.22. The molecule has 2 amide bonds. The summed E-state index contributed by atoms with van der Waals surface area (Å²) in [5.41, 5.74) is -0.509. The first-order valence-corrected chi connectivity index (χ1v) is 6.15. The zero-order chi connectivity index (χ0) is 13.9. The molecule has 1 heterocycles. The molecule has 1 N–H and O–H groups in total. The van der Waals surface area contributed by atoms with Crippen LogP contribution in [0.25, 0.3) is 0 Å². The summed E-state index contributed by atoms with van der Waals surface area (Å²) in [7, 11) is 0. The number of nitrogens with zero attached hydrogens (tertiary/aromatic N) is 1. The molecular weight excluding hydrogens is 232 g/mol. The number of hydrogen-bond acceptors (Lipinski definition) is 3. The van der Waals surface area contributed by atoms with E-state index in [1.165, 1.54) is 6.08 Å². The van der Waals surface area contributed by atoms with Crippen LogP contribution in [-0.2, 0) is 9.53 Å². The van der Waals surface area contributed by atoms with Crippen LogP contribution < -0.4 is 5.32 Å². The number of likely N-dealkylation sites (tertiary alicyclic amines) is 1. The largest absolute Gasteiger partial charge is 0.444 e. The van der Waals surface area contributed by atoms with Crippen molar-refractivity contribution in [1.82, 2.24) is 10.2 Å². The summed E-state index contributed by atoms with van der Waals surface area (Å²) in [6, 6.07) is 0.0502. The van der Waals surface area contributed by atoms with Gasteiger partial charge in [0.15, 0.2) is 0 Å². The minimum absolute atomic E-state index is 0.0567. The maximum absolute atomic E-state index is 11.6. The molecule has 1 aliphatic rings. The third-order valence-corrected chi connectivity index (χ3v) is 2.75. The van der Waals surface area contributed by atoms with Crippen molar-refractivity contribution in [3.63, 3.8) is 0 Å². The van der Waals surface area contributed by atoms with Gasteiger partial charge in [-0.05, 0) is 40.2 Å². The molecule has 1 saturated heterocycles. The summed E-state index contributed by atoms with van der Waals surface area (Å²) < 4.78 is 5.18. The molecule has 0 aliphatic carbocycles. The van der Waals surface area contributed by atoms with Gasteiger partial charge in [0.1, 0.15) is 5.60 Å². The summed E-state index contributed by atoms with van der Waals surface area (Å²) in [5.74, 6) is -0.101. The summed E-state index contributed by atoms with van der Waals surface area (Å²) >= 11 is 0. The van der Waals surface area contributed by atoms with E-state index in [1.807, 2.05) is 27.7 Å². The fourth-order valence-corrected chi connectivity index (χ4v) is 2.03. The molecule has 1 aliphatic heterocycles. The number of nitrogens with one attached hydrogen (secondary N) is 1. The standard InChI is InChI=1S/C13H22N2O3/c1-6-11(16)15-8-10(7-9(15)2)14-12(17)18-13(3,4)5/h6,9-10H,1,7-8H2,2-5H3,(H,14,17)/t9-,10+/m1/s1. The number of carbonyl (C=O) groups is 2. The second-order valence-electron chi connectivity index (χ2n) is 5.62. The van der Waals surface area contributed by atoms with E-state index in [0.717, 1.165) is 6.42 Å². The molecule has 18 heavy (non-hydrogen) atoms. The van der Waals surface area contributed by atoms with Gasteiger partial charge in [0.05, 0.1) is 6.04 Å². The topological polar surface area (TPSA) is 58.6 Å². The van der Waals surface area contributed by atoms with Crippen molar-refractivity contribution in [1.29, 1.82) is 0 Å². The van der Waals surface area contributed by atoms with Gasteiger partial charge in [0.2, 0.25) is 5.91 Å². The highest BCUT2D eigenvalue weighted by Crippen LogP contribution is 2.18. The molecule has 0 aromatic heterocycles. The van der Waals surface area contributed by atoms with Gasteiger partial charge < -0.3 is 15.0 Å². The fourth-order valence-electron chi connectivity index (χ4n) is 2.03. The van der Waals surface area contributed by atoms with Crippen LogP contribution in [0.2, 0.25) is 0 Å². The van der Waals surface area contributed by atoms with Gasteiger partial charge in [0.25, 0.3) is 0 Å². The van der Waals surface area contributed by atoms with Crippen molar-refractivity contribution in [2.24, 2.45) is 0 Å². The smallest absolute Gasteiger partial charge is 0.407 e. The molecule has 1 fully saturated rings. The van der Waals surface area contributed by atoms with E-state index >= 15 is 0 Å². The Bertz CT molecular complexity index is 347. The van der Waals surface area contributed by atoms with Gasteiger partial charge in [-0.25, -0.2) is 4.79 Å². The Morgan fingerprint density at radius 1 is 1.44 bits per heavy atom. The van der Waals surface area contributed by atoms with E-state index in [1.54, 1.807) is 4.90 Å². The summed E-state index contributed by atoms with van der Waals surface area (Å²) in [6.45, 7) is 11.4. The Balaban J connectivity index is 2.49. The molecule has 0 aromatic carbocycles. The van der Waals surface area contributed by atoms with Crippen molar-refractivity contribution < 1.29 is 14.3 Å². The molecule has 0 bridgehead atoms. The minimum Gasteiger partial charge on any atom is -0.444 e. The summed E-state index contributed by atoms with van der Waals surface area (Å²) in [4.78, 5) is 24.9. The quantitative estimate of drug-likeness (QED) is 0.763. The molecule has 0 spiro atoms. The maximum atomic E-state index is 11.6. The van der Waals surface area contributed by atoms with Gasteiger partial charge in [-0.15, -0.1) is 0 Å². The molecular formula is C13H22N2O3. The van der Waals surface area contributed by atoms with Crippen molar-refractivity contribution in [2.75, 3.05) is 6.54 Å². The minimum atomic E-state index is -0.509.